The number of ether oxygens (including phenoxy) is 1. The van der Waals surface area contributed by atoms with E-state index in [9.17, 15) is 4.79 Å². The maximum atomic E-state index is 13.4. The Morgan fingerprint density at radius 2 is 1.60 bits per heavy atom. The molecule has 2 fully saturated rings. The van der Waals surface area contributed by atoms with Crippen LogP contribution in [0.4, 0.5) is 5.95 Å². The quantitative estimate of drug-likeness (QED) is 0.777. The van der Waals surface area contributed by atoms with Gasteiger partial charge in [-0.05, 0) is 43.0 Å². The Hall–Kier alpha value is -2.63. The molecule has 6 nitrogen and oxygen atoms in total. The molecule has 2 saturated heterocycles. The van der Waals surface area contributed by atoms with Crippen molar-refractivity contribution in [2.24, 2.45) is 11.8 Å². The van der Waals surface area contributed by atoms with Crippen molar-refractivity contribution in [3.05, 3.63) is 46.8 Å². The van der Waals surface area contributed by atoms with Crippen molar-refractivity contribution in [1.82, 2.24) is 14.9 Å². The fourth-order valence-corrected chi connectivity index (χ4v) is 4.68. The standard InChI is InChI=1S/C24H32N4O2/c1-15-9-16(2)26-23(25-15)28-13-17-11-27(12-18(17)14-28)22(29)20-10-19(24(3,4)5)7-8-21(20)30-6/h7-10,17-18H,11-14H2,1-6H3. The second-order valence-corrected chi connectivity index (χ2v) is 9.75. The van der Waals surface area contributed by atoms with Gasteiger partial charge in [0, 0.05) is 49.4 Å². The van der Waals surface area contributed by atoms with Gasteiger partial charge in [-0.25, -0.2) is 9.97 Å². The average molecular weight is 409 g/mol. The number of methoxy groups -OCH3 is 1. The highest BCUT2D eigenvalue weighted by atomic mass is 16.5. The minimum Gasteiger partial charge on any atom is -0.496 e. The highest BCUT2D eigenvalue weighted by Crippen LogP contribution is 2.35. The number of fused-ring (bicyclic) bond motifs is 1. The first-order valence-electron chi connectivity index (χ1n) is 10.7. The summed E-state index contributed by atoms with van der Waals surface area (Å²) in [6.45, 7) is 13.8. The fraction of sp³-hybridized carbons (Fsp3) is 0.542. The van der Waals surface area contributed by atoms with Gasteiger partial charge in [0.15, 0.2) is 0 Å². The first kappa shape index (κ1) is 20.6. The van der Waals surface area contributed by atoms with Crippen LogP contribution in [-0.2, 0) is 5.41 Å². The number of anilines is 1. The maximum Gasteiger partial charge on any atom is 0.257 e. The Bertz CT molecular complexity index is 932. The molecule has 0 spiro atoms. The predicted molar refractivity (Wildman–Crippen MR) is 118 cm³/mol. The lowest BCUT2D eigenvalue weighted by molar-refractivity contribution is 0.0779. The molecule has 160 valence electrons. The molecule has 0 radical (unpaired) electrons. The van der Waals surface area contributed by atoms with E-state index in [4.69, 9.17) is 4.74 Å². The molecule has 1 aromatic heterocycles. The molecule has 4 rings (SSSR count). The normalized spacial score (nSPS) is 21.1. The number of aromatic nitrogens is 2. The predicted octanol–water partition coefficient (Wildman–Crippen LogP) is 3.61. The molecule has 0 aliphatic carbocycles. The van der Waals surface area contributed by atoms with Gasteiger partial charge in [-0.2, -0.15) is 0 Å². The molecule has 0 N–H and O–H groups in total. The number of hydrogen-bond donors (Lipinski definition) is 0. The van der Waals surface area contributed by atoms with Crippen LogP contribution < -0.4 is 9.64 Å². The van der Waals surface area contributed by atoms with Crippen LogP contribution in [-0.4, -0.2) is 54.1 Å². The van der Waals surface area contributed by atoms with E-state index in [-0.39, 0.29) is 11.3 Å². The number of rotatable bonds is 3. The molecule has 1 amide bonds. The number of carbonyl (C=O) groups excluding carboxylic acids is 1. The van der Waals surface area contributed by atoms with Crippen LogP contribution >= 0.6 is 0 Å². The second kappa shape index (κ2) is 7.56. The summed E-state index contributed by atoms with van der Waals surface area (Å²) < 4.78 is 5.51. The van der Waals surface area contributed by atoms with E-state index in [1.165, 1.54) is 0 Å². The number of amides is 1. The number of hydrogen-bond acceptors (Lipinski definition) is 5. The molecule has 2 atom stereocenters. The highest BCUT2D eigenvalue weighted by molar-refractivity contribution is 5.97. The van der Waals surface area contributed by atoms with E-state index in [0.717, 1.165) is 49.1 Å². The number of likely N-dealkylation sites (tertiary alicyclic amines) is 1. The molecule has 6 heteroatoms. The minimum absolute atomic E-state index is 0.0186. The molecule has 2 unspecified atom stereocenters. The van der Waals surface area contributed by atoms with Gasteiger partial charge in [0.2, 0.25) is 5.95 Å². The molecule has 2 aromatic rings. The van der Waals surface area contributed by atoms with Crippen LogP contribution in [0.1, 0.15) is 48.1 Å². The lowest BCUT2D eigenvalue weighted by Gasteiger charge is -2.24. The van der Waals surface area contributed by atoms with Crippen molar-refractivity contribution in [3.63, 3.8) is 0 Å². The minimum atomic E-state index is -0.0186. The number of benzene rings is 1. The molecule has 2 aliphatic heterocycles. The van der Waals surface area contributed by atoms with Crippen LogP contribution in [0, 0.1) is 25.7 Å². The number of carbonyl (C=O) groups is 1. The van der Waals surface area contributed by atoms with Crippen LogP contribution in [0.3, 0.4) is 0 Å². The maximum absolute atomic E-state index is 13.4. The smallest absolute Gasteiger partial charge is 0.257 e. The SMILES string of the molecule is COc1ccc(C(C)(C)C)cc1C(=O)N1CC2CN(c3nc(C)cc(C)n3)CC2C1. The summed E-state index contributed by atoms with van der Waals surface area (Å²) in [5.74, 6) is 2.45. The summed E-state index contributed by atoms with van der Waals surface area (Å²) in [7, 11) is 1.63. The van der Waals surface area contributed by atoms with E-state index >= 15 is 0 Å². The van der Waals surface area contributed by atoms with Gasteiger partial charge in [0.25, 0.3) is 5.91 Å². The summed E-state index contributed by atoms with van der Waals surface area (Å²) in [5, 5.41) is 0. The van der Waals surface area contributed by atoms with Crippen molar-refractivity contribution in [1.29, 1.82) is 0 Å². The van der Waals surface area contributed by atoms with Gasteiger partial charge in [0.1, 0.15) is 5.75 Å². The van der Waals surface area contributed by atoms with E-state index in [1.807, 2.05) is 36.9 Å². The molecule has 0 bridgehead atoms. The van der Waals surface area contributed by atoms with Gasteiger partial charge in [0.05, 0.1) is 12.7 Å². The Kier molecular flexibility index (Phi) is 5.20. The lowest BCUT2D eigenvalue weighted by atomic mass is 9.86. The summed E-state index contributed by atoms with van der Waals surface area (Å²) in [6.07, 6.45) is 0. The van der Waals surface area contributed by atoms with Crippen LogP contribution in [0.2, 0.25) is 0 Å². The Morgan fingerprint density at radius 1 is 1.00 bits per heavy atom. The Labute approximate surface area is 179 Å². The average Bonchev–Trinajstić information content (AvgIpc) is 3.24. The molecule has 3 heterocycles. The van der Waals surface area contributed by atoms with Crippen molar-refractivity contribution in [2.45, 2.75) is 40.0 Å². The summed E-state index contributed by atoms with van der Waals surface area (Å²) in [4.78, 5) is 26.9. The third-order valence-electron chi connectivity index (χ3n) is 6.32. The molecule has 30 heavy (non-hydrogen) atoms. The van der Waals surface area contributed by atoms with E-state index in [0.29, 0.717) is 23.1 Å². The van der Waals surface area contributed by atoms with Crippen LogP contribution in [0.15, 0.2) is 24.3 Å². The Morgan fingerprint density at radius 3 is 2.13 bits per heavy atom. The van der Waals surface area contributed by atoms with Crippen molar-refractivity contribution in [3.8, 4) is 5.75 Å². The molecule has 0 saturated carbocycles. The van der Waals surface area contributed by atoms with Crippen molar-refractivity contribution >= 4 is 11.9 Å². The topological polar surface area (TPSA) is 58.6 Å². The first-order chi connectivity index (χ1) is 14.2. The zero-order chi connectivity index (χ0) is 21.6. The van der Waals surface area contributed by atoms with Crippen molar-refractivity contribution in [2.75, 3.05) is 38.2 Å². The summed E-state index contributed by atoms with van der Waals surface area (Å²) in [6, 6.07) is 7.98. The molecular weight excluding hydrogens is 376 g/mol. The third kappa shape index (κ3) is 3.87. The van der Waals surface area contributed by atoms with Crippen LogP contribution in [0.5, 0.6) is 5.75 Å². The van der Waals surface area contributed by atoms with Crippen molar-refractivity contribution < 1.29 is 9.53 Å². The lowest BCUT2D eigenvalue weighted by Crippen LogP contribution is -2.34. The summed E-state index contributed by atoms with van der Waals surface area (Å²) >= 11 is 0. The van der Waals surface area contributed by atoms with Gasteiger partial charge < -0.3 is 14.5 Å². The van der Waals surface area contributed by atoms with Gasteiger partial charge in [-0.3, -0.25) is 4.79 Å². The van der Waals surface area contributed by atoms with E-state index in [1.54, 1.807) is 7.11 Å². The van der Waals surface area contributed by atoms with E-state index in [2.05, 4.69) is 41.7 Å². The second-order valence-electron chi connectivity index (χ2n) is 9.75. The van der Waals surface area contributed by atoms with Gasteiger partial charge >= 0.3 is 0 Å². The zero-order valence-electron chi connectivity index (χ0n) is 18.9. The molecular formula is C24H32N4O2. The fourth-order valence-electron chi connectivity index (χ4n) is 4.68. The van der Waals surface area contributed by atoms with Gasteiger partial charge in [-0.15, -0.1) is 0 Å². The zero-order valence-corrected chi connectivity index (χ0v) is 18.9. The van der Waals surface area contributed by atoms with Crippen LogP contribution in [0.25, 0.3) is 0 Å². The molecule has 1 aromatic carbocycles. The number of nitrogens with zero attached hydrogens (tertiary/aromatic N) is 4. The summed E-state index contributed by atoms with van der Waals surface area (Å²) in [5.41, 5.74) is 3.79. The third-order valence-corrected chi connectivity index (χ3v) is 6.32. The highest BCUT2D eigenvalue weighted by Gasteiger charge is 2.43. The van der Waals surface area contributed by atoms with E-state index < -0.39 is 0 Å². The first-order valence-corrected chi connectivity index (χ1v) is 10.7. The monoisotopic (exact) mass is 408 g/mol. The Balaban J connectivity index is 1.49. The largest absolute Gasteiger partial charge is 0.496 e. The molecule has 2 aliphatic rings. The number of aryl methyl sites for hydroxylation is 2. The van der Waals surface area contributed by atoms with Gasteiger partial charge in [-0.1, -0.05) is 26.8 Å².